The van der Waals surface area contributed by atoms with E-state index in [1.807, 2.05) is 0 Å². The van der Waals surface area contributed by atoms with Gasteiger partial charge in [0.25, 0.3) is 0 Å². The molecule has 0 aliphatic rings. The molecule has 0 heterocycles. The maximum absolute atomic E-state index is 2.32. The first-order chi connectivity index (χ1) is 5.21. The van der Waals surface area contributed by atoms with Crippen LogP contribution in [0.25, 0.3) is 0 Å². The van der Waals surface area contributed by atoms with Gasteiger partial charge in [-0.05, 0) is 23.7 Å². The molecule has 0 aromatic rings. The van der Waals surface area contributed by atoms with Gasteiger partial charge in [-0.1, -0.05) is 61.8 Å². The summed E-state index contributed by atoms with van der Waals surface area (Å²) in [5.41, 5.74) is 1.05. The van der Waals surface area contributed by atoms with Gasteiger partial charge in [-0.3, -0.25) is 0 Å². The molecule has 0 saturated carbocycles. The lowest BCUT2D eigenvalue weighted by Gasteiger charge is -2.21. The summed E-state index contributed by atoms with van der Waals surface area (Å²) >= 11 is 0. The Balaban J connectivity index is 0. The molecule has 0 radical (unpaired) electrons. The van der Waals surface area contributed by atoms with Crippen LogP contribution in [0.5, 0.6) is 0 Å². The van der Waals surface area contributed by atoms with Crippen molar-refractivity contribution in [2.45, 2.75) is 74.7 Å². The Hall–Kier alpha value is 0. The summed E-state index contributed by atoms with van der Waals surface area (Å²) in [6.45, 7) is 13.9. The van der Waals surface area contributed by atoms with Crippen LogP contribution >= 0.6 is 0 Å². The smallest absolute Gasteiger partial charge is 0.0383 e. The summed E-state index contributed by atoms with van der Waals surface area (Å²) in [4.78, 5) is 0. The van der Waals surface area contributed by atoms with E-state index in [9.17, 15) is 0 Å². The molecule has 0 atom stereocenters. The third-order valence-corrected chi connectivity index (χ3v) is 2.10. The van der Waals surface area contributed by atoms with Gasteiger partial charge in [-0.2, -0.15) is 0 Å². The minimum atomic E-state index is 0. The molecule has 0 spiro atoms. The van der Waals surface area contributed by atoms with Crippen molar-refractivity contribution in [3.05, 3.63) is 0 Å². The molecular weight excluding hydrogens is 156 g/mol. The zero-order valence-electron chi connectivity index (χ0n) is 9.83. The zero-order chi connectivity index (χ0) is 9.83. The molecular formula is C13H30. The molecule has 0 unspecified atom stereocenters. The molecule has 82 valence electrons. The zero-order valence-corrected chi connectivity index (χ0v) is 9.83. The van der Waals surface area contributed by atoms with E-state index in [2.05, 4.69) is 41.5 Å². The van der Waals surface area contributed by atoms with Crippen LogP contribution in [0, 0.1) is 10.8 Å². The number of rotatable bonds is 3. The molecule has 0 aromatic carbocycles. The van der Waals surface area contributed by atoms with Crippen LogP contribution in [0.3, 0.4) is 0 Å². The molecule has 0 amide bonds. The first-order valence-corrected chi connectivity index (χ1v) is 5.21. The van der Waals surface area contributed by atoms with Gasteiger partial charge in [0.05, 0.1) is 0 Å². The fourth-order valence-electron chi connectivity index (χ4n) is 1.31. The monoisotopic (exact) mass is 186 g/mol. The van der Waals surface area contributed by atoms with Crippen molar-refractivity contribution in [2.75, 3.05) is 0 Å². The van der Waals surface area contributed by atoms with Crippen molar-refractivity contribution in [2.24, 2.45) is 10.8 Å². The van der Waals surface area contributed by atoms with Crippen LogP contribution in [0.15, 0.2) is 0 Å². The molecule has 0 saturated heterocycles. The Morgan fingerprint density at radius 3 is 1.00 bits per heavy atom. The molecule has 0 N–H and O–H groups in total. The van der Waals surface area contributed by atoms with Crippen LogP contribution in [-0.4, -0.2) is 0 Å². The lowest BCUT2D eigenvalue weighted by Crippen LogP contribution is -2.07. The summed E-state index contributed by atoms with van der Waals surface area (Å²) in [5.74, 6) is 0. The SMILES string of the molecule is C.CC(C)(C)CCCCC(C)(C)C. The maximum Gasteiger partial charge on any atom is -0.0383 e. The van der Waals surface area contributed by atoms with E-state index in [1.165, 1.54) is 25.7 Å². The maximum atomic E-state index is 2.32. The van der Waals surface area contributed by atoms with E-state index in [1.54, 1.807) is 0 Å². The molecule has 0 fully saturated rings. The van der Waals surface area contributed by atoms with Crippen LogP contribution in [0.4, 0.5) is 0 Å². The van der Waals surface area contributed by atoms with Gasteiger partial charge in [0.2, 0.25) is 0 Å². The summed E-state index contributed by atoms with van der Waals surface area (Å²) in [6, 6.07) is 0. The molecule has 13 heavy (non-hydrogen) atoms. The van der Waals surface area contributed by atoms with Crippen molar-refractivity contribution in [3.63, 3.8) is 0 Å². The standard InChI is InChI=1S/C12H26.CH4/c1-11(2,3)9-7-8-10-12(4,5)6;/h7-10H2,1-6H3;1H4. The second-order valence-corrected chi connectivity index (χ2v) is 6.33. The molecule has 0 bridgehead atoms. The van der Waals surface area contributed by atoms with E-state index in [0.29, 0.717) is 10.8 Å². The summed E-state index contributed by atoms with van der Waals surface area (Å²) < 4.78 is 0. The van der Waals surface area contributed by atoms with Gasteiger partial charge >= 0.3 is 0 Å². The van der Waals surface area contributed by atoms with Gasteiger partial charge in [0, 0.05) is 0 Å². The molecule has 0 nitrogen and oxygen atoms in total. The van der Waals surface area contributed by atoms with Crippen molar-refractivity contribution in [3.8, 4) is 0 Å². The van der Waals surface area contributed by atoms with Crippen LogP contribution in [0.1, 0.15) is 74.7 Å². The van der Waals surface area contributed by atoms with Crippen molar-refractivity contribution < 1.29 is 0 Å². The van der Waals surface area contributed by atoms with Crippen LogP contribution < -0.4 is 0 Å². The minimum Gasteiger partial charge on any atom is -0.0776 e. The quantitative estimate of drug-likeness (QED) is 0.526. The second kappa shape index (κ2) is 5.67. The Morgan fingerprint density at radius 2 is 0.846 bits per heavy atom. The second-order valence-electron chi connectivity index (χ2n) is 6.33. The van der Waals surface area contributed by atoms with E-state index < -0.39 is 0 Å². The Bertz CT molecular complexity index is 93.0. The van der Waals surface area contributed by atoms with Gasteiger partial charge in [0.15, 0.2) is 0 Å². The largest absolute Gasteiger partial charge is 0.0776 e. The third-order valence-electron chi connectivity index (χ3n) is 2.10. The number of hydrogen-bond acceptors (Lipinski definition) is 0. The first kappa shape index (κ1) is 15.5. The van der Waals surface area contributed by atoms with Crippen molar-refractivity contribution in [1.82, 2.24) is 0 Å². The Labute approximate surface area is 86.1 Å². The van der Waals surface area contributed by atoms with E-state index in [0.717, 1.165) is 0 Å². The highest BCUT2D eigenvalue weighted by Gasteiger charge is 2.12. The minimum absolute atomic E-state index is 0. The predicted octanol–water partition coefficient (Wildman–Crippen LogP) is 5.28. The summed E-state index contributed by atoms with van der Waals surface area (Å²) in [7, 11) is 0. The topological polar surface area (TPSA) is 0 Å². The van der Waals surface area contributed by atoms with Crippen molar-refractivity contribution >= 4 is 0 Å². The number of hydrogen-bond donors (Lipinski definition) is 0. The highest BCUT2D eigenvalue weighted by molar-refractivity contribution is 4.64. The van der Waals surface area contributed by atoms with Gasteiger partial charge in [-0.15, -0.1) is 0 Å². The van der Waals surface area contributed by atoms with E-state index >= 15 is 0 Å². The highest BCUT2D eigenvalue weighted by atomic mass is 14.2. The average Bonchev–Trinajstić information content (AvgIpc) is 1.76. The van der Waals surface area contributed by atoms with E-state index in [4.69, 9.17) is 0 Å². The third kappa shape index (κ3) is 14.8. The Morgan fingerprint density at radius 1 is 0.615 bits per heavy atom. The summed E-state index contributed by atoms with van der Waals surface area (Å²) in [5, 5.41) is 0. The van der Waals surface area contributed by atoms with Gasteiger partial charge in [0.1, 0.15) is 0 Å². The predicted molar refractivity (Wildman–Crippen MR) is 64.1 cm³/mol. The molecule has 0 aromatic heterocycles. The number of unbranched alkanes of at least 4 members (excludes halogenated alkanes) is 1. The van der Waals surface area contributed by atoms with Gasteiger partial charge in [-0.25, -0.2) is 0 Å². The molecule has 0 aliphatic heterocycles. The normalized spacial score (nSPS) is 12.5. The lowest BCUT2D eigenvalue weighted by molar-refractivity contribution is 0.318. The molecule has 0 heteroatoms. The summed E-state index contributed by atoms with van der Waals surface area (Å²) in [6.07, 6.45) is 5.51. The van der Waals surface area contributed by atoms with Crippen LogP contribution in [0.2, 0.25) is 0 Å². The first-order valence-electron chi connectivity index (χ1n) is 5.21. The molecule has 0 aliphatic carbocycles. The average molecular weight is 186 g/mol. The highest BCUT2D eigenvalue weighted by Crippen LogP contribution is 2.26. The fourth-order valence-corrected chi connectivity index (χ4v) is 1.31. The van der Waals surface area contributed by atoms with E-state index in [-0.39, 0.29) is 7.43 Å². The van der Waals surface area contributed by atoms with Crippen LogP contribution in [-0.2, 0) is 0 Å². The Kier molecular flexibility index (Phi) is 6.75. The lowest BCUT2D eigenvalue weighted by atomic mass is 9.85. The van der Waals surface area contributed by atoms with Crippen molar-refractivity contribution in [1.29, 1.82) is 0 Å². The van der Waals surface area contributed by atoms with Gasteiger partial charge < -0.3 is 0 Å². The molecule has 0 rings (SSSR count). The fraction of sp³-hybridized carbons (Fsp3) is 1.00.